The van der Waals surface area contributed by atoms with E-state index in [1.165, 1.54) is 0 Å². The van der Waals surface area contributed by atoms with E-state index >= 15 is 0 Å². The van der Waals surface area contributed by atoms with Crippen LogP contribution in [0.15, 0.2) is 0 Å². The highest BCUT2D eigenvalue weighted by Crippen LogP contribution is 2.35. The molecule has 2 heterocycles. The van der Waals surface area contributed by atoms with E-state index in [2.05, 4.69) is 15.2 Å². The first-order valence-corrected chi connectivity index (χ1v) is 6.96. The Bertz CT molecular complexity index is 503. The Morgan fingerprint density at radius 3 is 2.45 bits per heavy atom. The Balaban J connectivity index is 2.03. The first kappa shape index (κ1) is 14.5. The lowest BCUT2D eigenvalue weighted by atomic mass is 9.76. The zero-order valence-electron chi connectivity index (χ0n) is 11.8. The maximum Gasteiger partial charge on any atom is 0.309 e. The molecule has 0 spiro atoms. The van der Waals surface area contributed by atoms with Gasteiger partial charge in [-0.25, -0.2) is 4.98 Å². The highest BCUT2D eigenvalue weighted by molar-refractivity contribution is 5.90. The molecule has 2 N–H and O–H groups in total. The van der Waals surface area contributed by atoms with Gasteiger partial charge in [0.25, 0.3) is 5.91 Å². The number of aliphatic carboxylic acids is 1. The molecule has 0 aliphatic carbocycles. The summed E-state index contributed by atoms with van der Waals surface area (Å²) in [7, 11) is 0. The van der Waals surface area contributed by atoms with Gasteiger partial charge in [-0.1, -0.05) is 13.8 Å². The van der Waals surface area contributed by atoms with Crippen molar-refractivity contribution in [2.45, 2.75) is 39.5 Å². The predicted molar refractivity (Wildman–Crippen MR) is 71.3 cm³/mol. The Morgan fingerprint density at radius 1 is 1.35 bits per heavy atom. The molecular weight excluding hydrogens is 260 g/mol. The summed E-state index contributed by atoms with van der Waals surface area (Å²) in [6.07, 6.45) is 2.24. The number of likely N-dealkylation sites (tertiary alicyclic amines) is 1. The molecule has 1 fully saturated rings. The molecule has 1 aromatic rings. The van der Waals surface area contributed by atoms with E-state index in [-0.39, 0.29) is 11.7 Å². The third kappa shape index (κ3) is 2.52. The summed E-state index contributed by atoms with van der Waals surface area (Å²) < 4.78 is 0. The molecule has 1 aliphatic rings. The van der Waals surface area contributed by atoms with Gasteiger partial charge in [-0.3, -0.25) is 14.7 Å². The smallest absolute Gasteiger partial charge is 0.309 e. The molecule has 0 bridgehead atoms. The number of carboxylic acid groups (broad SMARTS) is 1. The van der Waals surface area contributed by atoms with E-state index in [1.54, 1.807) is 4.90 Å². The number of rotatable bonds is 4. The molecule has 7 nitrogen and oxygen atoms in total. The van der Waals surface area contributed by atoms with E-state index in [1.807, 2.05) is 13.8 Å². The van der Waals surface area contributed by atoms with E-state index < -0.39 is 11.4 Å². The lowest BCUT2D eigenvalue weighted by Crippen LogP contribution is -2.46. The zero-order valence-corrected chi connectivity index (χ0v) is 11.8. The van der Waals surface area contributed by atoms with Crippen LogP contribution >= 0.6 is 0 Å². The molecule has 1 amide bonds. The van der Waals surface area contributed by atoms with E-state index in [4.69, 9.17) is 0 Å². The van der Waals surface area contributed by atoms with Crippen molar-refractivity contribution in [2.24, 2.45) is 5.41 Å². The normalized spacial score (nSPS) is 18.0. The Morgan fingerprint density at radius 2 is 2.00 bits per heavy atom. The highest BCUT2D eigenvalue weighted by Gasteiger charge is 2.41. The number of nitrogens with zero attached hydrogens (tertiary/aromatic N) is 3. The third-order valence-electron chi connectivity index (χ3n) is 4.20. The van der Waals surface area contributed by atoms with Crippen LogP contribution in [0.25, 0.3) is 0 Å². The average molecular weight is 280 g/mol. The van der Waals surface area contributed by atoms with E-state index in [9.17, 15) is 14.7 Å². The number of aryl methyl sites for hydroxylation is 1. The van der Waals surface area contributed by atoms with Gasteiger partial charge in [0.1, 0.15) is 5.82 Å². The summed E-state index contributed by atoms with van der Waals surface area (Å²) in [6, 6.07) is 0. The first-order valence-electron chi connectivity index (χ1n) is 6.96. The SMILES string of the molecule is CCc1nc(C(=O)N2CCC(CC)(C(=O)O)CC2)n[nH]1. The minimum Gasteiger partial charge on any atom is -0.481 e. The monoisotopic (exact) mass is 280 g/mol. The average Bonchev–Trinajstić information content (AvgIpc) is 2.95. The van der Waals surface area contributed by atoms with Crippen molar-refractivity contribution in [1.82, 2.24) is 20.1 Å². The van der Waals surface area contributed by atoms with Crippen LogP contribution in [-0.4, -0.2) is 50.2 Å². The number of carbonyl (C=O) groups is 2. The van der Waals surface area contributed by atoms with Crippen LogP contribution < -0.4 is 0 Å². The number of nitrogens with one attached hydrogen (secondary N) is 1. The Hall–Kier alpha value is -1.92. The standard InChI is InChI=1S/C13H20N4O3/c1-3-9-14-10(16-15-9)11(18)17-7-5-13(4-2,6-8-17)12(19)20/h3-8H2,1-2H3,(H,19,20)(H,14,15,16). The molecule has 0 saturated carbocycles. The quantitative estimate of drug-likeness (QED) is 0.860. The van der Waals surface area contributed by atoms with Crippen LogP contribution in [0.5, 0.6) is 0 Å². The summed E-state index contributed by atoms with van der Waals surface area (Å²) in [5, 5.41) is 16.0. The molecule has 0 unspecified atom stereocenters. The van der Waals surface area contributed by atoms with Crippen molar-refractivity contribution in [3.63, 3.8) is 0 Å². The second kappa shape index (κ2) is 5.60. The molecule has 1 aromatic heterocycles. The van der Waals surface area contributed by atoms with Gasteiger partial charge >= 0.3 is 5.97 Å². The second-order valence-corrected chi connectivity index (χ2v) is 5.19. The van der Waals surface area contributed by atoms with Gasteiger partial charge in [0.15, 0.2) is 0 Å². The van der Waals surface area contributed by atoms with Crippen molar-refractivity contribution in [3.05, 3.63) is 11.6 Å². The van der Waals surface area contributed by atoms with Crippen molar-refractivity contribution >= 4 is 11.9 Å². The van der Waals surface area contributed by atoms with Crippen LogP contribution in [0.1, 0.15) is 49.6 Å². The number of H-pyrrole nitrogens is 1. The number of hydrogen-bond donors (Lipinski definition) is 2. The molecule has 1 saturated heterocycles. The maximum atomic E-state index is 12.2. The van der Waals surface area contributed by atoms with Crippen LogP contribution in [0, 0.1) is 5.41 Å². The zero-order chi connectivity index (χ0) is 14.8. The molecule has 1 aliphatic heterocycles. The molecule has 110 valence electrons. The van der Waals surface area contributed by atoms with Crippen molar-refractivity contribution in [2.75, 3.05) is 13.1 Å². The molecule has 0 aromatic carbocycles. The molecule has 0 radical (unpaired) electrons. The van der Waals surface area contributed by atoms with Crippen LogP contribution in [0.3, 0.4) is 0 Å². The second-order valence-electron chi connectivity index (χ2n) is 5.19. The molecule has 20 heavy (non-hydrogen) atoms. The van der Waals surface area contributed by atoms with Crippen molar-refractivity contribution in [3.8, 4) is 0 Å². The van der Waals surface area contributed by atoms with Gasteiger partial charge in [0, 0.05) is 19.5 Å². The summed E-state index contributed by atoms with van der Waals surface area (Å²) in [5.74, 6) is -0.144. The van der Waals surface area contributed by atoms with Crippen LogP contribution in [-0.2, 0) is 11.2 Å². The lowest BCUT2D eigenvalue weighted by Gasteiger charge is -2.37. The largest absolute Gasteiger partial charge is 0.481 e. The summed E-state index contributed by atoms with van der Waals surface area (Å²) in [4.78, 5) is 29.4. The van der Waals surface area contributed by atoms with Gasteiger partial charge in [-0.2, -0.15) is 0 Å². The fraction of sp³-hybridized carbons (Fsp3) is 0.692. The maximum absolute atomic E-state index is 12.2. The van der Waals surface area contributed by atoms with Gasteiger partial charge in [0.2, 0.25) is 5.82 Å². The summed E-state index contributed by atoms with van der Waals surface area (Å²) in [5.41, 5.74) is -0.690. The Labute approximate surface area is 117 Å². The van der Waals surface area contributed by atoms with E-state index in [0.717, 1.165) is 0 Å². The predicted octanol–water partition coefficient (Wildman–Crippen LogP) is 1.08. The van der Waals surface area contributed by atoms with Gasteiger partial charge in [0.05, 0.1) is 5.41 Å². The van der Waals surface area contributed by atoms with Crippen molar-refractivity contribution < 1.29 is 14.7 Å². The topological polar surface area (TPSA) is 99.2 Å². The molecule has 7 heteroatoms. The number of piperidine rings is 1. The lowest BCUT2D eigenvalue weighted by molar-refractivity contribution is -0.152. The fourth-order valence-electron chi connectivity index (χ4n) is 2.55. The summed E-state index contributed by atoms with van der Waals surface area (Å²) in [6.45, 7) is 4.69. The highest BCUT2D eigenvalue weighted by atomic mass is 16.4. The van der Waals surface area contributed by atoms with Gasteiger partial charge in [-0.05, 0) is 19.3 Å². The fourth-order valence-corrected chi connectivity index (χ4v) is 2.55. The molecular formula is C13H20N4O3. The number of aromatic amines is 1. The third-order valence-corrected chi connectivity index (χ3v) is 4.20. The molecule has 0 atom stereocenters. The van der Waals surface area contributed by atoms with Gasteiger partial charge < -0.3 is 10.0 Å². The number of amides is 1. The minimum absolute atomic E-state index is 0.168. The van der Waals surface area contributed by atoms with Crippen LogP contribution in [0.2, 0.25) is 0 Å². The number of hydrogen-bond acceptors (Lipinski definition) is 4. The van der Waals surface area contributed by atoms with Crippen molar-refractivity contribution in [1.29, 1.82) is 0 Å². The number of carboxylic acids is 1. The molecule has 2 rings (SSSR count). The van der Waals surface area contributed by atoms with Crippen LogP contribution in [0.4, 0.5) is 0 Å². The minimum atomic E-state index is -0.765. The van der Waals surface area contributed by atoms with E-state index in [0.29, 0.717) is 44.6 Å². The Kier molecular flexibility index (Phi) is 4.06. The number of carbonyl (C=O) groups excluding carboxylic acids is 1. The summed E-state index contributed by atoms with van der Waals surface area (Å²) >= 11 is 0. The first-order chi connectivity index (χ1) is 9.52. The van der Waals surface area contributed by atoms with Gasteiger partial charge in [-0.15, -0.1) is 5.10 Å². The number of aromatic nitrogens is 3.